The van der Waals surface area contributed by atoms with Crippen molar-refractivity contribution in [1.82, 2.24) is 4.90 Å². The fourth-order valence-corrected chi connectivity index (χ4v) is 3.13. The van der Waals surface area contributed by atoms with Crippen LogP contribution in [0.15, 0.2) is 41.1 Å². The summed E-state index contributed by atoms with van der Waals surface area (Å²) in [7, 11) is 0. The molecule has 1 fully saturated rings. The quantitative estimate of drug-likeness (QED) is 0.831. The van der Waals surface area contributed by atoms with Crippen LogP contribution in [0.25, 0.3) is 0 Å². The summed E-state index contributed by atoms with van der Waals surface area (Å²) in [6.45, 7) is 0.759. The maximum atomic E-state index is 12.5. The summed E-state index contributed by atoms with van der Waals surface area (Å²) >= 11 is 1.69. The standard InChI is InChI=1S/C17H20N2OS/c18-15-4-1-13(2-5-15)3-8-17(20)19(16-6-7-16)11-14-9-10-21-12-14/h1-2,4-5,9-10,12,16H,3,6-8,11,18H2. The Morgan fingerprint density at radius 1 is 1.19 bits per heavy atom. The van der Waals surface area contributed by atoms with Crippen LogP contribution in [0.4, 0.5) is 5.69 Å². The summed E-state index contributed by atoms with van der Waals surface area (Å²) in [5.41, 5.74) is 8.86. The Hall–Kier alpha value is -1.81. The molecule has 1 aliphatic carbocycles. The molecule has 0 atom stereocenters. The van der Waals surface area contributed by atoms with E-state index >= 15 is 0 Å². The van der Waals surface area contributed by atoms with Crippen molar-refractivity contribution in [2.75, 3.05) is 5.73 Å². The van der Waals surface area contributed by atoms with Crippen LogP contribution in [-0.4, -0.2) is 16.8 Å². The summed E-state index contributed by atoms with van der Waals surface area (Å²) in [5, 5.41) is 4.20. The Morgan fingerprint density at radius 3 is 2.57 bits per heavy atom. The van der Waals surface area contributed by atoms with Gasteiger partial charge in [-0.05, 0) is 59.3 Å². The van der Waals surface area contributed by atoms with Gasteiger partial charge in [0.1, 0.15) is 0 Å². The van der Waals surface area contributed by atoms with E-state index in [1.54, 1.807) is 11.3 Å². The molecule has 1 aromatic carbocycles. The molecule has 0 saturated heterocycles. The van der Waals surface area contributed by atoms with Gasteiger partial charge >= 0.3 is 0 Å². The highest BCUT2D eigenvalue weighted by atomic mass is 32.1. The van der Waals surface area contributed by atoms with Crippen molar-refractivity contribution >= 4 is 22.9 Å². The molecular formula is C17H20N2OS. The van der Waals surface area contributed by atoms with Gasteiger partial charge in [-0.1, -0.05) is 12.1 Å². The van der Waals surface area contributed by atoms with Gasteiger partial charge in [-0.2, -0.15) is 11.3 Å². The maximum Gasteiger partial charge on any atom is 0.223 e. The maximum absolute atomic E-state index is 12.5. The monoisotopic (exact) mass is 300 g/mol. The predicted octanol–water partition coefficient (Wildman–Crippen LogP) is 3.45. The molecule has 4 heteroatoms. The van der Waals surface area contributed by atoms with Crippen LogP contribution in [0, 0.1) is 0 Å². The van der Waals surface area contributed by atoms with Gasteiger partial charge in [0, 0.05) is 24.7 Å². The first-order valence-corrected chi connectivity index (χ1v) is 8.31. The van der Waals surface area contributed by atoms with Crippen LogP contribution in [-0.2, 0) is 17.8 Å². The average molecular weight is 300 g/mol. The van der Waals surface area contributed by atoms with Crippen LogP contribution in [0.5, 0.6) is 0 Å². The lowest BCUT2D eigenvalue weighted by Crippen LogP contribution is -2.32. The molecular weight excluding hydrogens is 280 g/mol. The van der Waals surface area contributed by atoms with Crippen molar-refractivity contribution in [3.05, 3.63) is 52.2 Å². The first kappa shape index (κ1) is 14.1. The van der Waals surface area contributed by atoms with Gasteiger partial charge in [0.15, 0.2) is 0 Å². The van der Waals surface area contributed by atoms with E-state index in [9.17, 15) is 4.79 Å². The van der Waals surface area contributed by atoms with E-state index in [1.165, 1.54) is 11.1 Å². The zero-order valence-electron chi connectivity index (χ0n) is 12.0. The minimum absolute atomic E-state index is 0.264. The van der Waals surface area contributed by atoms with Crippen LogP contribution >= 0.6 is 11.3 Å². The molecule has 0 unspecified atom stereocenters. The molecule has 1 amide bonds. The Balaban J connectivity index is 1.58. The average Bonchev–Trinajstić information content (AvgIpc) is 3.20. The molecule has 0 spiro atoms. The van der Waals surface area contributed by atoms with E-state index < -0.39 is 0 Å². The minimum Gasteiger partial charge on any atom is -0.399 e. The number of nitrogens with zero attached hydrogens (tertiary/aromatic N) is 1. The molecule has 1 heterocycles. The summed E-state index contributed by atoms with van der Waals surface area (Å²) in [4.78, 5) is 14.6. The van der Waals surface area contributed by atoms with Gasteiger partial charge in [0.2, 0.25) is 5.91 Å². The van der Waals surface area contributed by atoms with E-state index in [4.69, 9.17) is 5.73 Å². The number of rotatable bonds is 6. The third-order valence-corrected chi connectivity index (χ3v) is 4.58. The number of anilines is 1. The van der Waals surface area contributed by atoms with Crippen molar-refractivity contribution in [2.24, 2.45) is 0 Å². The highest BCUT2D eigenvalue weighted by molar-refractivity contribution is 7.07. The van der Waals surface area contributed by atoms with Crippen molar-refractivity contribution in [2.45, 2.75) is 38.3 Å². The Labute approximate surface area is 129 Å². The highest BCUT2D eigenvalue weighted by Gasteiger charge is 2.32. The van der Waals surface area contributed by atoms with Crippen molar-refractivity contribution in [3.63, 3.8) is 0 Å². The van der Waals surface area contributed by atoms with Crippen LogP contribution in [0.3, 0.4) is 0 Å². The van der Waals surface area contributed by atoms with Gasteiger partial charge < -0.3 is 10.6 Å². The SMILES string of the molecule is Nc1ccc(CCC(=O)N(Cc2ccsc2)C2CC2)cc1. The topological polar surface area (TPSA) is 46.3 Å². The summed E-state index contributed by atoms with van der Waals surface area (Å²) in [6, 6.07) is 10.4. The molecule has 1 aliphatic rings. The second kappa shape index (κ2) is 6.31. The number of carbonyl (C=O) groups is 1. The number of carbonyl (C=O) groups excluding carboxylic acids is 1. The Kier molecular flexibility index (Phi) is 4.25. The van der Waals surface area contributed by atoms with Crippen molar-refractivity contribution in [1.29, 1.82) is 0 Å². The number of nitrogens with two attached hydrogens (primary N) is 1. The lowest BCUT2D eigenvalue weighted by atomic mass is 10.1. The van der Waals surface area contributed by atoms with E-state index in [0.29, 0.717) is 12.5 Å². The van der Waals surface area contributed by atoms with Crippen LogP contribution < -0.4 is 5.73 Å². The van der Waals surface area contributed by atoms with E-state index in [0.717, 1.165) is 31.5 Å². The lowest BCUT2D eigenvalue weighted by molar-refractivity contribution is -0.132. The number of hydrogen-bond acceptors (Lipinski definition) is 3. The van der Waals surface area contributed by atoms with Crippen molar-refractivity contribution in [3.8, 4) is 0 Å². The second-order valence-electron chi connectivity index (χ2n) is 5.63. The van der Waals surface area contributed by atoms with E-state index in [2.05, 4.69) is 21.7 Å². The molecule has 2 aromatic rings. The normalized spacial score (nSPS) is 14.1. The number of thiophene rings is 1. The molecule has 3 nitrogen and oxygen atoms in total. The molecule has 0 bridgehead atoms. The Morgan fingerprint density at radius 2 is 1.95 bits per heavy atom. The van der Waals surface area contributed by atoms with Gasteiger partial charge in [0.05, 0.1) is 0 Å². The zero-order chi connectivity index (χ0) is 14.7. The molecule has 1 aromatic heterocycles. The van der Waals surface area contributed by atoms with Crippen LogP contribution in [0.2, 0.25) is 0 Å². The fraction of sp³-hybridized carbons (Fsp3) is 0.353. The Bertz CT molecular complexity index is 588. The van der Waals surface area contributed by atoms with Gasteiger partial charge in [-0.3, -0.25) is 4.79 Å². The molecule has 0 aliphatic heterocycles. The first-order valence-electron chi connectivity index (χ1n) is 7.37. The number of benzene rings is 1. The molecule has 1 saturated carbocycles. The predicted molar refractivity (Wildman–Crippen MR) is 87.1 cm³/mol. The summed E-state index contributed by atoms with van der Waals surface area (Å²) < 4.78 is 0. The fourth-order valence-electron chi connectivity index (χ4n) is 2.47. The molecule has 110 valence electrons. The molecule has 3 rings (SSSR count). The minimum atomic E-state index is 0.264. The van der Waals surface area contributed by atoms with Gasteiger partial charge in [-0.15, -0.1) is 0 Å². The molecule has 2 N–H and O–H groups in total. The number of nitrogen functional groups attached to an aromatic ring is 1. The van der Waals surface area contributed by atoms with E-state index in [-0.39, 0.29) is 5.91 Å². The number of amides is 1. The van der Waals surface area contributed by atoms with Gasteiger partial charge in [-0.25, -0.2) is 0 Å². The third kappa shape index (κ3) is 3.85. The third-order valence-electron chi connectivity index (χ3n) is 3.85. The summed E-state index contributed by atoms with van der Waals surface area (Å²) in [5.74, 6) is 0.264. The van der Waals surface area contributed by atoms with Crippen molar-refractivity contribution < 1.29 is 4.79 Å². The van der Waals surface area contributed by atoms with Gasteiger partial charge in [0.25, 0.3) is 0 Å². The molecule has 21 heavy (non-hydrogen) atoms. The number of hydrogen-bond donors (Lipinski definition) is 1. The second-order valence-corrected chi connectivity index (χ2v) is 6.41. The smallest absolute Gasteiger partial charge is 0.223 e. The number of aryl methyl sites for hydroxylation is 1. The first-order chi connectivity index (χ1) is 10.2. The van der Waals surface area contributed by atoms with E-state index in [1.807, 2.05) is 24.3 Å². The van der Waals surface area contributed by atoms with Crippen LogP contribution in [0.1, 0.15) is 30.4 Å². The largest absolute Gasteiger partial charge is 0.399 e. The molecule has 0 radical (unpaired) electrons. The summed E-state index contributed by atoms with van der Waals surface area (Å²) in [6.07, 6.45) is 3.66. The lowest BCUT2D eigenvalue weighted by Gasteiger charge is -2.22. The zero-order valence-corrected chi connectivity index (χ0v) is 12.8. The highest BCUT2D eigenvalue weighted by Crippen LogP contribution is 2.29.